The van der Waals surface area contributed by atoms with Crippen LogP contribution in [0.4, 0.5) is 5.13 Å². The highest BCUT2D eigenvalue weighted by atomic mass is 32.1. The van der Waals surface area contributed by atoms with E-state index in [0.29, 0.717) is 5.13 Å². The van der Waals surface area contributed by atoms with Crippen molar-refractivity contribution in [3.8, 4) is 17.0 Å². The van der Waals surface area contributed by atoms with Crippen molar-refractivity contribution in [2.45, 2.75) is 19.3 Å². The summed E-state index contributed by atoms with van der Waals surface area (Å²) >= 11 is 1.46. The number of rotatable bonds is 4. The van der Waals surface area contributed by atoms with Crippen molar-refractivity contribution >= 4 is 22.4 Å². The Bertz CT molecular complexity index is 752. The van der Waals surface area contributed by atoms with Gasteiger partial charge in [0.15, 0.2) is 5.13 Å². The first-order valence-electron chi connectivity index (χ1n) is 8.32. The van der Waals surface area contributed by atoms with Crippen LogP contribution in [0.3, 0.4) is 0 Å². The highest BCUT2D eigenvalue weighted by Gasteiger charge is 2.57. The van der Waals surface area contributed by atoms with E-state index in [1.54, 1.807) is 7.11 Å². The van der Waals surface area contributed by atoms with Gasteiger partial charge in [-0.2, -0.15) is 0 Å². The lowest BCUT2D eigenvalue weighted by Crippen LogP contribution is -2.31. The molecule has 1 saturated carbocycles. The van der Waals surface area contributed by atoms with Crippen LogP contribution in [0, 0.1) is 11.3 Å². The third-order valence-electron chi connectivity index (χ3n) is 5.22. The molecule has 1 atom stereocenters. The number of methoxy groups -OCH3 is 1. The molecule has 1 amide bonds. The van der Waals surface area contributed by atoms with Crippen molar-refractivity contribution in [3.63, 3.8) is 0 Å². The highest BCUT2D eigenvalue weighted by Crippen LogP contribution is 2.58. The van der Waals surface area contributed by atoms with E-state index >= 15 is 0 Å². The van der Waals surface area contributed by atoms with Crippen LogP contribution in [0.2, 0.25) is 0 Å². The van der Waals surface area contributed by atoms with E-state index in [1.807, 2.05) is 29.6 Å². The molecular formula is C18H21N3O2S. The second-order valence-electron chi connectivity index (χ2n) is 6.60. The van der Waals surface area contributed by atoms with Crippen LogP contribution in [0.1, 0.15) is 19.3 Å². The number of carbonyl (C=O) groups is 1. The number of anilines is 1. The largest absolute Gasteiger partial charge is 0.496 e. The van der Waals surface area contributed by atoms with Crippen molar-refractivity contribution < 1.29 is 9.53 Å². The number of nitrogens with zero attached hydrogens (tertiary/aromatic N) is 1. The maximum absolute atomic E-state index is 12.5. The quantitative estimate of drug-likeness (QED) is 0.895. The first kappa shape index (κ1) is 15.6. The van der Waals surface area contributed by atoms with Gasteiger partial charge in [-0.3, -0.25) is 4.79 Å². The van der Waals surface area contributed by atoms with E-state index in [2.05, 4.69) is 15.6 Å². The number of hydrogen-bond acceptors (Lipinski definition) is 5. The first-order valence-corrected chi connectivity index (χ1v) is 9.20. The number of carbonyl (C=O) groups excluding carboxylic acids is 1. The summed E-state index contributed by atoms with van der Waals surface area (Å²) in [6.07, 6.45) is 3.23. The van der Waals surface area contributed by atoms with Crippen molar-refractivity contribution in [2.75, 3.05) is 25.5 Å². The summed E-state index contributed by atoms with van der Waals surface area (Å²) in [5.74, 6) is 1.06. The molecule has 2 fully saturated rings. The van der Waals surface area contributed by atoms with Crippen LogP contribution < -0.4 is 15.4 Å². The van der Waals surface area contributed by atoms with Crippen LogP contribution in [-0.4, -0.2) is 31.1 Å². The van der Waals surface area contributed by atoms with Gasteiger partial charge < -0.3 is 15.4 Å². The van der Waals surface area contributed by atoms with E-state index in [1.165, 1.54) is 11.3 Å². The van der Waals surface area contributed by atoms with Crippen molar-refractivity contribution in [1.29, 1.82) is 0 Å². The zero-order valence-electron chi connectivity index (χ0n) is 13.7. The minimum atomic E-state index is 0.123. The van der Waals surface area contributed by atoms with E-state index < -0.39 is 0 Å². The molecule has 1 saturated heterocycles. The molecule has 1 aromatic carbocycles. The summed E-state index contributed by atoms with van der Waals surface area (Å²) in [5.41, 5.74) is 2.02. The second kappa shape index (κ2) is 6.18. The number of thiazole rings is 1. The fraction of sp³-hybridized carbons (Fsp3) is 0.444. The Labute approximate surface area is 145 Å². The molecule has 2 aromatic rings. The van der Waals surface area contributed by atoms with Gasteiger partial charge in [0, 0.05) is 16.9 Å². The molecule has 2 N–H and O–H groups in total. The highest BCUT2D eigenvalue weighted by molar-refractivity contribution is 7.14. The molecule has 24 heavy (non-hydrogen) atoms. The number of piperidine rings is 1. The monoisotopic (exact) mass is 343 g/mol. The lowest BCUT2D eigenvalue weighted by Gasteiger charge is -2.22. The average molecular weight is 343 g/mol. The maximum Gasteiger partial charge on any atom is 0.229 e. The Hall–Kier alpha value is -1.92. The topological polar surface area (TPSA) is 63.2 Å². The summed E-state index contributed by atoms with van der Waals surface area (Å²) in [6, 6.07) is 7.78. The van der Waals surface area contributed by atoms with Gasteiger partial charge in [0.1, 0.15) is 5.75 Å². The van der Waals surface area contributed by atoms with Crippen LogP contribution >= 0.6 is 11.3 Å². The second-order valence-corrected chi connectivity index (χ2v) is 7.45. The predicted octanol–water partition coefficient (Wildman–Crippen LogP) is 3.15. The first-order chi connectivity index (χ1) is 11.7. The maximum atomic E-state index is 12.5. The van der Waals surface area contributed by atoms with E-state index in [0.717, 1.165) is 49.4 Å². The van der Waals surface area contributed by atoms with Gasteiger partial charge in [0.05, 0.1) is 12.8 Å². The molecule has 4 rings (SSSR count). The molecule has 0 radical (unpaired) electrons. The van der Waals surface area contributed by atoms with Crippen molar-refractivity contribution in [3.05, 3.63) is 29.6 Å². The molecule has 1 unspecified atom stereocenters. The minimum Gasteiger partial charge on any atom is -0.496 e. The SMILES string of the molecule is COc1ccccc1-c1csc(NC(=O)C2CC23CCNCC3)n1. The Kier molecular flexibility index (Phi) is 4.02. The lowest BCUT2D eigenvalue weighted by atomic mass is 9.92. The molecular weight excluding hydrogens is 322 g/mol. The molecule has 126 valence electrons. The number of benzene rings is 1. The molecule has 2 heterocycles. The zero-order chi connectivity index (χ0) is 16.6. The smallest absolute Gasteiger partial charge is 0.229 e. The summed E-state index contributed by atoms with van der Waals surface area (Å²) in [5, 5.41) is 9.00. The fourth-order valence-corrected chi connectivity index (χ4v) is 4.41. The number of ether oxygens (including phenoxy) is 1. The summed E-state index contributed by atoms with van der Waals surface area (Å²) < 4.78 is 5.38. The third kappa shape index (κ3) is 2.80. The average Bonchev–Trinajstić information content (AvgIpc) is 3.11. The third-order valence-corrected chi connectivity index (χ3v) is 5.98. The van der Waals surface area contributed by atoms with E-state index in [9.17, 15) is 4.79 Å². The summed E-state index contributed by atoms with van der Waals surface area (Å²) in [4.78, 5) is 17.1. The molecule has 1 aliphatic heterocycles. The number of aromatic nitrogens is 1. The van der Waals surface area contributed by atoms with Crippen LogP contribution in [-0.2, 0) is 4.79 Å². The Balaban J connectivity index is 1.45. The van der Waals surface area contributed by atoms with Gasteiger partial charge in [0.2, 0.25) is 5.91 Å². The number of nitrogens with one attached hydrogen (secondary N) is 2. The molecule has 6 heteroatoms. The minimum absolute atomic E-state index is 0.123. The normalized spacial score (nSPS) is 21.5. The summed E-state index contributed by atoms with van der Waals surface area (Å²) in [7, 11) is 1.65. The van der Waals surface area contributed by atoms with Crippen molar-refractivity contribution in [2.24, 2.45) is 11.3 Å². The standard InChI is InChI=1S/C18H21N3O2S/c1-23-15-5-3-2-4-12(15)14-11-24-17(20-14)21-16(22)13-10-18(13)6-8-19-9-7-18/h2-5,11,13,19H,6-10H2,1H3,(H,20,21,22). The van der Waals surface area contributed by atoms with Gasteiger partial charge in [-0.25, -0.2) is 4.98 Å². The predicted molar refractivity (Wildman–Crippen MR) is 95.4 cm³/mol. The molecule has 2 aliphatic rings. The molecule has 1 aliphatic carbocycles. The van der Waals surface area contributed by atoms with Crippen LogP contribution in [0.15, 0.2) is 29.6 Å². The Morgan fingerprint density at radius 3 is 2.96 bits per heavy atom. The Morgan fingerprint density at radius 1 is 1.38 bits per heavy atom. The number of hydrogen-bond donors (Lipinski definition) is 2. The van der Waals surface area contributed by atoms with Gasteiger partial charge in [-0.05, 0) is 49.9 Å². The molecule has 5 nitrogen and oxygen atoms in total. The molecule has 1 spiro atoms. The van der Waals surface area contributed by atoms with Crippen molar-refractivity contribution in [1.82, 2.24) is 10.3 Å². The Morgan fingerprint density at radius 2 is 2.17 bits per heavy atom. The summed E-state index contributed by atoms with van der Waals surface area (Å²) in [6.45, 7) is 2.05. The van der Waals surface area contributed by atoms with E-state index in [4.69, 9.17) is 4.74 Å². The molecule has 1 aromatic heterocycles. The van der Waals surface area contributed by atoms with Crippen LogP contribution in [0.5, 0.6) is 5.75 Å². The van der Waals surface area contributed by atoms with Gasteiger partial charge in [-0.1, -0.05) is 12.1 Å². The van der Waals surface area contributed by atoms with Gasteiger partial charge in [0.25, 0.3) is 0 Å². The van der Waals surface area contributed by atoms with Gasteiger partial charge in [-0.15, -0.1) is 11.3 Å². The molecule has 0 bridgehead atoms. The number of amides is 1. The van der Waals surface area contributed by atoms with Gasteiger partial charge >= 0.3 is 0 Å². The zero-order valence-corrected chi connectivity index (χ0v) is 14.5. The number of para-hydroxylation sites is 1. The van der Waals surface area contributed by atoms with Crippen LogP contribution in [0.25, 0.3) is 11.3 Å². The lowest BCUT2D eigenvalue weighted by molar-refractivity contribution is -0.118. The fourth-order valence-electron chi connectivity index (χ4n) is 3.70. The van der Waals surface area contributed by atoms with E-state index in [-0.39, 0.29) is 17.2 Å².